The van der Waals surface area contributed by atoms with E-state index in [1.807, 2.05) is 0 Å². The number of hydrogen-bond donors (Lipinski definition) is 5. The summed E-state index contributed by atoms with van der Waals surface area (Å²) < 4.78 is 0. The molecule has 1 amide bonds. The fourth-order valence-electron chi connectivity index (χ4n) is 1.71. The zero-order valence-electron chi connectivity index (χ0n) is 14.2. The van der Waals surface area contributed by atoms with Gasteiger partial charge in [-0.1, -0.05) is 23.5 Å². The minimum absolute atomic E-state index is 0.157. The molecule has 0 spiro atoms. The lowest BCUT2D eigenvalue weighted by atomic mass is 10.1. The first-order valence-corrected chi connectivity index (χ1v) is 9.48. The lowest BCUT2D eigenvalue weighted by Crippen LogP contribution is -2.45. The average molecular weight is 393 g/mol. The van der Waals surface area contributed by atoms with Crippen molar-refractivity contribution in [2.45, 2.75) is 32.7 Å². The average Bonchev–Trinajstić information content (AvgIpc) is 2.48. The number of rotatable bonds is 11. The predicted octanol–water partition coefficient (Wildman–Crippen LogP) is -0.00533. The molecule has 0 saturated carbocycles. The van der Waals surface area contributed by atoms with Crippen LogP contribution in [0.1, 0.15) is 26.7 Å². The third kappa shape index (κ3) is 12.3. The van der Waals surface area contributed by atoms with Crippen LogP contribution in [-0.2, 0) is 19.2 Å². The standard InChI is InChI=1S/C14H24N4O5S2/c1-8(19)24-6-10(7-25-9(2)20)12(21)18-11(13(22)23)4-3-5-17-14(15)16/h10-11H,3-7H2,1-2H3,(H,18,21)(H,22,23)(H4,15,16,17)/t11-/m0/s1. The lowest BCUT2D eigenvalue weighted by Gasteiger charge is -2.19. The Bertz CT molecular complexity index is 497. The SMILES string of the molecule is CC(=O)SCC(CSC(C)=O)C(=O)N[C@@H](CCCNC(=N)N)C(=O)O. The molecule has 0 fully saturated rings. The van der Waals surface area contributed by atoms with Gasteiger partial charge in [0.1, 0.15) is 6.04 Å². The Morgan fingerprint density at radius 1 is 1.12 bits per heavy atom. The molecule has 11 heteroatoms. The van der Waals surface area contributed by atoms with E-state index in [0.717, 1.165) is 23.5 Å². The van der Waals surface area contributed by atoms with Crippen molar-refractivity contribution in [2.24, 2.45) is 11.7 Å². The second-order valence-corrected chi connectivity index (χ2v) is 7.58. The summed E-state index contributed by atoms with van der Waals surface area (Å²) in [4.78, 5) is 45.8. The molecular formula is C14H24N4O5S2. The molecule has 25 heavy (non-hydrogen) atoms. The van der Waals surface area contributed by atoms with Crippen molar-refractivity contribution in [1.29, 1.82) is 5.41 Å². The Balaban J connectivity index is 4.69. The third-order valence-electron chi connectivity index (χ3n) is 2.95. The summed E-state index contributed by atoms with van der Waals surface area (Å²) in [5.41, 5.74) is 5.13. The fourth-order valence-corrected chi connectivity index (χ4v) is 3.27. The van der Waals surface area contributed by atoms with Crippen LogP contribution in [0.25, 0.3) is 0 Å². The van der Waals surface area contributed by atoms with E-state index in [2.05, 4.69) is 10.6 Å². The van der Waals surface area contributed by atoms with Crippen LogP contribution in [0, 0.1) is 11.3 Å². The largest absolute Gasteiger partial charge is 0.480 e. The molecule has 0 aromatic rings. The van der Waals surface area contributed by atoms with Crippen LogP contribution in [0.3, 0.4) is 0 Å². The van der Waals surface area contributed by atoms with Gasteiger partial charge < -0.3 is 21.5 Å². The topological polar surface area (TPSA) is 162 Å². The van der Waals surface area contributed by atoms with Crippen molar-refractivity contribution in [3.63, 3.8) is 0 Å². The van der Waals surface area contributed by atoms with E-state index in [9.17, 15) is 24.3 Å². The molecule has 0 saturated heterocycles. The number of carboxylic acid groups (broad SMARTS) is 1. The number of amides is 1. The molecule has 0 aliphatic heterocycles. The first-order valence-electron chi connectivity index (χ1n) is 7.51. The van der Waals surface area contributed by atoms with Gasteiger partial charge in [0.2, 0.25) is 5.91 Å². The summed E-state index contributed by atoms with van der Waals surface area (Å²) in [7, 11) is 0. The van der Waals surface area contributed by atoms with Crippen molar-refractivity contribution in [3.05, 3.63) is 0 Å². The van der Waals surface area contributed by atoms with Crippen molar-refractivity contribution in [3.8, 4) is 0 Å². The normalized spacial score (nSPS) is 11.6. The number of carbonyl (C=O) groups is 4. The van der Waals surface area contributed by atoms with Gasteiger partial charge in [-0.15, -0.1) is 0 Å². The molecule has 9 nitrogen and oxygen atoms in total. The summed E-state index contributed by atoms with van der Waals surface area (Å²) in [6.07, 6.45) is 0.555. The van der Waals surface area contributed by atoms with Crippen LogP contribution in [0.15, 0.2) is 0 Å². The highest BCUT2D eigenvalue weighted by Gasteiger charge is 2.26. The maximum absolute atomic E-state index is 12.3. The Hall–Kier alpha value is -1.75. The summed E-state index contributed by atoms with van der Waals surface area (Å²) >= 11 is 1.92. The minimum Gasteiger partial charge on any atom is -0.480 e. The van der Waals surface area contributed by atoms with Crippen LogP contribution < -0.4 is 16.4 Å². The zero-order valence-corrected chi connectivity index (χ0v) is 15.8. The highest BCUT2D eigenvalue weighted by Crippen LogP contribution is 2.17. The Morgan fingerprint density at radius 3 is 2.04 bits per heavy atom. The molecular weight excluding hydrogens is 368 g/mol. The van der Waals surface area contributed by atoms with E-state index in [0.29, 0.717) is 13.0 Å². The molecule has 142 valence electrons. The maximum atomic E-state index is 12.3. The monoisotopic (exact) mass is 392 g/mol. The number of carboxylic acids is 1. The number of aliphatic carboxylic acids is 1. The molecule has 0 unspecified atom stereocenters. The van der Waals surface area contributed by atoms with Gasteiger partial charge in [0.15, 0.2) is 16.2 Å². The predicted molar refractivity (Wildman–Crippen MR) is 98.5 cm³/mol. The zero-order chi connectivity index (χ0) is 19.4. The molecule has 0 aliphatic carbocycles. The van der Waals surface area contributed by atoms with Crippen molar-refractivity contribution in [2.75, 3.05) is 18.1 Å². The molecule has 0 radical (unpaired) electrons. The molecule has 0 aliphatic rings. The first kappa shape index (κ1) is 23.2. The van der Waals surface area contributed by atoms with Gasteiger partial charge in [0.25, 0.3) is 0 Å². The van der Waals surface area contributed by atoms with Crippen LogP contribution in [-0.4, -0.2) is 57.3 Å². The summed E-state index contributed by atoms with van der Waals surface area (Å²) in [5.74, 6) is -2.18. The highest BCUT2D eigenvalue weighted by atomic mass is 32.2. The summed E-state index contributed by atoms with van der Waals surface area (Å²) in [6, 6.07) is -1.09. The molecule has 0 bridgehead atoms. The van der Waals surface area contributed by atoms with Crippen LogP contribution in [0.4, 0.5) is 0 Å². The smallest absolute Gasteiger partial charge is 0.326 e. The highest BCUT2D eigenvalue weighted by molar-refractivity contribution is 8.14. The Labute approximate surface area is 154 Å². The summed E-state index contributed by atoms with van der Waals surface area (Å²) in [6.45, 7) is 3.07. The summed E-state index contributed by atoms with van der Waals surface area (Å²) in [5, 5.41) is 20.9. The molecule has 0 aromatic heterocycles. The third-order valence-corrected chi connectivity index (χ3v) is 4.90. The van der Waals surface area contributed by atoms with Gasteiger partial charge in [-0.2, -0.15) is 0 Å². The number of hydrogen-bond acceptors (Lipinski definition) is 7. The lowest BCUT2D eigenvalue weighted by molar-refractivity contribution is -0.142. The van der Waals surface area contributed by atoms with Crippen molar-refractivity contribution in [1.82, 2.24) is 10.6 Å². The Morgan fingerprint density at radius 2 is 1.64 bits per heavy atom. The van der Waals surface area contributed by atoms with E-state index in [1.54, 1.807) is 0 Å². The van der Waals surface area contributed by atoms with E-state index in [-0.39, 0.29) is 34.1 Å². The molecule has 1 atom stereocenters. The van der Waals surface area contributed by atoms with E-state index >= 15 is 0 Å². The Kier molecular flexibility index (Phi) is 11.7. The number of nitrogens with one attached hydrogen (secondary N) is 3. The van der Waals surface area contributed by atoms with Crippen molar-refractivity contribution < 1.29 is 24.3 Å². The van der Waals surface area contributed by atoms with E-state index in [4.69, 9.17) is 11.1 Å². The van der Waals surface area contributed by atoms with Crippen molar-refractivity contribution >= 4 is 51.6 Å². The minimum atomic E-state index is -1.17. The molecule has 0 aromatic carbocycles. The van der Waals surface area contributed by atoms with Gasteiger partial charge >= 0.3 is 5.97 Å². The van der Waals surface area contributed by atoms with Crippen LogP contribution in [0.2, 0.25) is 0 Å². The number of nitrogens with two attached hydrogens (primary N) is 1. The molecule has 0 rings (SSSR count). The van der Waals surface area contributed by atoms with Gasteiger partial charge in [-0.3, -0.25) is 19.8 Å². The second-order valence-electron chi connectivity index (χ2n) is 5.18. The van der Waals surface area contributed by atoms with E-state index < -0.39 is 23.8 Å². The van der Waals surface area contributed by atoms with Crippen LogP contribution in [0.5, 0.6) is 0 Å². The second kappa shape index (κ2) is 12.6. The molecule has 6 N–H and O–H groups in total. The number of thioether (sulfide) groups is 2. The van der Waals surface area contributed by atoms with Gasteiger partial charge in [-0.25, -0.2) is 4.79 Å². The quantitative estimate of drug-likeness (QED) is 0.185. The molecule has 0 heterocycles. The van der Waals surface area contributed by atoms with Gasteiger partial charge in [-0.05, 0) is 12.8 Å². The maximum Gasteiger partial charge on any atom is 0.326 e. The number of guanidine groups is 1. The van der Waals surface area contributed by atoms with Gasteiger partial charge in [0.05, 0.1) is 5.92 Å². The van der Waals surface area contributed by atoms with E-state index in [1.165, 1.54) is 13.8 Å². The van der Waals surface area contributed by atoms with Gasteiger partial charge in [0, 0.05) is 31.9 Å². The number of carbonyl (C=O) groups excluding carboxylic acids is 3. The van der Waals surface area contributed by atoms with Crippen LogP contribution >= 0.6 is 23.5 Å². The first-order chi connectivity index (χ1) is 11.6. The fraction of sp³-hybridized carbons (Fsp3) is 0.643.